The fraction of sp³-hybridized carbons (Fsp3) is 0.316. The van der Waals surface area contributed by atoms with E-state index >= 15 is 0 Å². The molecule has 2 atom stereocenters. The number of benzene rings is 1. The van der Waals surface area contributed by atoms with Gasteiger partial charge in [-0.3, -0.25) is 24.0 Å². The van der Waals surface area contributed by atoms with Crippen LogP contribution in [0.4, 0.5) is 0 Å². The van der Waals surface area contributed by atoms with Crippen LogP contribution < -0.4 is 27.4 Å². The minimum atomic E-state index is -1.41. The molecule has 0 saturated carbocycles. The number of rotatable bonds is 11. The van der Waals surface area contributed by atoms with Gasteiger partial charge < -0.3 is 37.5 Å². The molecule has 4 amide bonds. The molecular weight excluding hydrogens is 408 g/mol. The zero-order valence-electron chi connectivity index (χ0n) is 16.5. The average molecular weight is 432 g/mol. The molecule has 0 aliphatic rings. The van der Waals surface area contributed by atoms with Gasteiger partial charge in [0.2, 0.25) is 23.6 Å². The summed E-state index contributed by atoms with van der Waals surface area (Å²) in [4.78, 5) is 62.0. The van der Waals surface area contributed by atoms with Gasteiger partial charge in [0.15, 0.2) is 0 Å². The number of H-pyrrole nitrogens is 1. The number of nitrogens with two attached hydrogens (primary N) is 2. The van der Waals surface area contributed by atoms with Crippen LogP contribution in [0.5, 0.6) is 0 Å². The summed E-state index contributed by atoms with van der Waals surface area (Å²) in [7, 11) is 0. The van der Waals surface area contributed by atoms with Gasteiger partial charge in [-0.25, -0.2) is 0 Å². The SMILES string of the molecule is NCC(=O)NC(Cc1c[nH]c2ccccc12)C(=O)NC(CC(N)=O)C(=O)NCC(=O)O. The van der Waals surface area contributed by atoms with Crippen molar-refractivity contribution in [2.75, 3.05) is 13.1 Å². The van der Waals surface area contributed by atoms with Crippen molar-refractivity contribution in [1.82, 2.24) is 20.9 Å². The normalized spacial score (nSPS) is 12.5. The van der Waals surface area contributed by atoms with Gasteiger partial charge in [-0.05, 0) is 11.6 Å². The lowest BCUT2D eigenvalue weighted by molar-refractivity contribution is -0.138. The minimum Gasteiger partial charge on any atom is -0.480 e. The molecule has 0 radical (unpaired) electrons. The van der Waals surface area contributed by atoms with Gasteiger partial charge in [-0.15, -0.1) is 0 Å². The lowest BCUT2D eigenvalue weighted by Gasteiger charge is -2.22. The molecule has 0 saturated heterocycles. The Morgan fingerprint density at radius 3 is 2.39 bits per heavy atom. The summed E-state index contributed by atoms with van der Waals surface area (Å²) in [6.45, 7) is -1.06. The van der Waals surface area contributed by atoms with Crippen LogP contribution in [0.3, 0.4) is 0 Å². The lowest BCUT2D eigenvalue weighted by Crippen LogP contribution is -2.56. The molecule has 0 aliphatic carbocycles. The smallest absolute Gasteiger partial charge is 0.322 e. The molecule has 31 heavy (non-hydrogen) atoms. The van der Waals surface area contributed by atoms with Gasteiger partial charge in [-0.1, -0.05) is 18.2 Å². The maximum absolute atomic E-state index is 12.9. The first-order valence-electron chi connectivity index (χ1n) is 9.33. The highest BCUT2D eigenvalue weighted by Crippen LogP contribution is 2.19. The minimum absolute atomic E-state index is 0.0711. The third kappa shape index (κ3) is 6.82. The Labute approximate surface area is 176 Å². The Hall–Kier alpha value is -3.93. The van der Waals surface area contributed by atoms with E-state index in [-0.39, 0.29) is 13.0 Å². The van der Waals surface area contributed by atoms with E-state index in [1.165, 1.54) is 0 Å². The number of para-hydroxylation sites is 1. The highest BCUT2D eigenvalue weighted by atomic mass is 16.4. The summed E-state index contributed by atoms with van der Waals surface area (Å²) in [5.74, 6) is -4.43. The van der Waals surface area contributed by atoms with Crippen LogP contribution in [0.25, 0.3) is 10.9 Å². The van der Waals surface area contributed by atoms with Crippen LogP contribution in [0, 0.1) is 0 Å². The number of nitrogens with one attached hydrogen (secondary N) is 4. The number of carboxylic acid groups (broad SMARTS) is 1. The van der Waals surface area contributed by atoms with Gasteiger partial charge >= 0.3 is 5.97 Å². The largest absolute Gasteiger partial charge is 0.480 e. The van der Waals surface area contributed by atoms with E-state index < -0.39 is 54.6 Å². The first kappa shape index (κ1) is 23.3. The summed E-state index contributed by atoms with van der Waals surface area (Å²) >= 11 is 0. The average Bonchev–Trinajstić information content (AvgIpc) is 3.13. The van der Waals surface area contributed by atoms with E-state index in [0.29, 0.717) is 0 Å². The zero-order valence-corrected chi connectivity index (χ0v) is 16.5. The molecule has 1 heterocycles. The van der Waals surface area contributed by atoms with E-state index in [2.05, 4.69) is 20.9 Å². The van der Waals surface area contributed by atoms with Gasteiger partial charge in [0.25, 0.3) is 0 Å². The number of amides is 4. The fourth-order valence-electron chi connectivity index (χ4n) is 2.95. The first-order valence-corrected chi connectivity index (χ1v) is 9.33. The van der Waals surface area contributed by atoms with Crippen LogP contribution in [0.15, 0.2) is 30.5 Å². The third-order valence-electron chi connectivity index (χ3n) is 4.39. The zero-order chi connectivity index (χ0) is 23.0. The molecule has 12 heteroatoms. The van der Waals surface area contributed by atoms with Gasteiger partial charge in [0.05, 0.1) is 13.0 Å². The molecule has 0 bridgehead atoms. The number of hydrogen-bond donors (Lipinski definition) is 7. The van der Waals surface area contributed by atoms with Crippen molar-refractivity contribution in [2.45, 2.75) is 24.9 Å². The third-order valence-corrected chi connectivity index (χ3v) is 4.39. The molecule has 0 aliphatic heterocycles. The molecule has 0 spiro atoms. The maximum atomic E-state index is 12.9. The van der Waals surface area contributed by atoms with Crippen LogP contribution in [-0.4, -0.2) is 64.9 Å². The number of hydrogen-bond acceptors (Lipinski definition) is 6. The van der Waals surface area contributed by atoms with Crippen LogP contribution in [0.1, 0.15) is 12.0 Å². The number of carboxylic acids is 1. The molecule has 0 fully saturated rings. The summed E-state index contributed by atoms with van der Waals surface area (Å²) in [5, 5.41) is 16.5. The monoisotopic (exact) mass is 432 g/mol. The molecule has 1 aromatic heterocycles. The molecule has 2 aromatic rings. The summed E-state index contributed by atoms with van der Waals surface area (Å²) in [5.41, 5.74) is 12.0. The summed E-state index contributed by atoms with van der Waals surface area (Å²) < 4.78 is 0. The summed E-state index contributed by atoms with van der Waals surface area (Å²) in [6.07, 6.45) is 1.21. The Bertz CT molecular complexity index is 987. The predicted octanol–water partition coefficient (Wildman–Crippen LogP) is -2.29. The van der Waals surface area contributed by atoms with E-state index in [1.54, 1.807) is 6.20 Å². The molecular formula is C19H24N6O6. The summed E-state index contributed by atoms with van der Waals surface area (Å²) in [6, 6.07) is 4.83. The topological polar surface area (TPSA) is 209 Å². The fourth-order valence-corrected chi connectivity index (χ4v) is 2.95. The molecule has 2 rings (SSSR count). The Morgan fingerprint density at radius 2 is 1.74 bits per heavy atom. The van der Waals surface area contributed by atoms with E-state index in [4.69, 9.17) is 16.6 Å². The van der Waals surface area contributed by atoms with E-state index in [1.807, 2.05) is 24.3 Å². The number of aromatic nitrogens is 1. The van der Waals surface area contributed by atoms with Crippen LogP contribution in [0.2, 0.25) is 0 Å². The van der Waals surface area contributed by atoms with Crippen molar-refractivity contribution in [1.29, 1.82) is 0 Å². The quantitative estimate of drug-likeness (QED) is 0.206. The second kappa shape index (κ2) is 10.7. The Balaban J connectivity index is 2.21. The molecule has 9 N–H and O–H groups in total. The van der Waals surface area contributed by atoms with Gasteiger partial charge in [0, 0.05) is 23.5 Å². The first-order chi connectivity index (χ1) is 14.7. The lowest BCUT2D eigenvalue weighted by atomic mass is 10.0. The van der Waals surface area contributed by atoms with Crippen molar-refractivity contribution < 1.29 is 29.1 Å². The van der Waals surface area contributed by atoms with E-state index in [9.17, 15) is 24.0 Å². The van der Waals surface area contributed by atoms with Crippen molar-refractivity contribution in [3.8, 4) is 0 Å². The maximum Gasteiger partial charge on any atom is 0.322 e. The number of fused-ring (bicyclic) bond motifs is 1. The van der Waals surface area contributed by atoms with Crippen LogP contribution >= 0.6 is 0 Å². The van der Waals surface area contributed by atoms with Crippen molar-refractivity contribution >= 4 is 40.5 Å². The number of aromatic amines is 1. The number of aliphatic carboxylic acids is 1. The van der Waals surface area contributed by atoms with E-state index in [0.717, 1.165) is 16.5 Å². The van der Waals surface area contributed by atoms with Crippen LogP contribution in [-0.2, 0) is 30.4 Å². The molecule has 2 unspecified atom stereocenters. The number of carbonyl (C=O) groups excluding carboxylic acids is 4. The number of primary amides is 1. The molecule has 12 nitrogen and oxygen atoms in total. The Morgan fingerprint density at radius 1 is 1.03 bits per heavy atom. The Kier molecular flexibility index (Phi) is 8.09. The highest BCUT2D eigenvalue weighted by Gasteiger charge is 2.28. The molecule has 166 valence electrons. The van der Waals surface area contributed by atoms with Crippen molar-refractivity contribution in [3.63, 3.8) is 0 Å². The van der Waals surface area contributed by atoms with Crippen molar-refractivity contribution in [3.05, 3.63) is 36.0 Å². The van der Waals surface area contributed by atoms with Gasteiger partial charge in [-0.2, -0.15) is 0 Å². The second-order valence-corrected chi connectivity index (χ2v) is 6.73. The number of carbonyl (C=O) groups is 5. The molecule has 1 aromatic carbocycles. The second-order valence-electron chi connectivity index (χ2n) is 6.73. The van der Waals surface area contributed by atoms with Crippen molar-refractivity contribution in [2.24, 2.45) is 11.5 Å². The van der Waals surface area contributed by atoms with Gasteiger partial charge in [0.1, 0.15) is 18.6 Å². The highest BCUT2D eigenvalue weighted by molar-refractivity contribution is 5.95. The standard InChI is InChI=1S/C19H24N6O6/c20-7-16(27)24-13(5-10-8-22-12-4-2-1-3-11(10)12)19(31)25-14(6-15(21)26)18(30)23-9-17(28)29/h1-4,8,13-14,22H,5-7,9,20H2,(H2,21,26)(H,23,30)(H,24,27)(H,25,31)(H,28,29). The predicted molar refractivity (Wildman–Crippen MR) is 109 cm³/mol.